The molecule has 2 rings (SSSR count). The lowest BCUT2D eigenvalue weighted by molar-refractivity contribution is -0.130. The predicted octanol–water partition coefficient (Wildman–Crippen LogP) is -0.407. The second kappa shape index (κ2) is 3.77. The van der Waals surface area contributed by atoms with Gasteiger partial charge in [-0.2, -0.15) is 0 Å². The van der Waals surface area contributed by atoms with Crippen molar-refractivity contribution in [3.8, 4) is 0 Å². The number of likely N-dealkylation sites (tertiary alicyclic amines) is 1. The van der Waals surface area contributed by atoms with Gasteiger partial charge in [0.2, 0.25) is 0 Å². The van der Waals surface area contributed by atoms with Gasteiger partial charge in [0.05, 0.1) is 31.0 Å². The molecule has 2 saturated heterocycles. The Kier molecular flexibility index (Phi) is 2.79. The lowest BCUT2D eigenvalue weighted by Gasteiger charge is -2.49. The monoisotopic (exact) mass is 201 g/mol. The van der Waals surface area contributed by atoms with Crippen molar-refractivity contribution >= 4 is 0 Å². The fourth-order valence-electron chi connectivity index (χ4n) is 2.45. The Labute approximate surface area is 84.5 Å². The zero-order valence-corrected chi connectivity index (χ0v) is 8.65. The maximum atomic E-state index is 9.96. The van der Waals surface area contributed by atoms with Crippen LogP contribution in [0.3, 0.4) is 0 Å². The summed E-state index contributed by atoms with van der Waals surface area (Å²) in [5.74, 6) is 0. The van der Waals surface area contributed by atoms with Gasteiger partial charge >= 0.3 is 0 Å². The summed E-state index contributed by atoms with van der Waals surface area (Å²) < 4.78 is 5.18. The van der Waals surface area contributed by atoms with E-state index in [0.29, 0.717) is 26.3 Å². The van der Waals surface area contributed by atoms with Crippen LogP contribution in [-0.4, -0.2) is 59.2 Å². The van der Waals surface area contributed by atoms with E-state index < -0.39 is 5.60 Å². The van der Waals surface area contributed by atoms with E-state index in [2.05, 4.69) is 11.8 Å². The molecule has 2 atom stereocenters. The zero-order chi connectivity index (χ0) is 10.2. The van der Waals surface area contributed by atoms with Crippen LogP contribution in [0.4, 0.5) is 0 Å². The molecule has 0 unspecified atom stereocenters. The first-order valence-corrected chi connectivity index (χ1v) is 5.37. The minimum atomic E-state index is -0.503. The molecular formula is C10H19NO3. The van der Waals surface area contributed by atoms with Gasteiger partial charge in [0.15, 0.2) is 0 Å². The molecule has 0 aliphatic carbocycles. The highest BCUT2D eigenvalue weighted by atomic mass is 16.5. The summed E-state index contributed by atoms with van der Waals surface area (Å²) in [7, 11) is 0. The van der Waals surface area contributed by atoms with Crippen molar-refractivity contribution in [2.75, 3.05) is 26.3 Å². The normalized spacial score (nSPS) is 37.1. The van der Waals surface area contributed by atoms with Gasteiger partial charge in [-0.1, -0.05) is 13.3 Å². The van der Waals surface area contributed by atoms with E-state index in [-0.39, 0.29) is 12.1 Å². The van der Waals surface area contributed by atoms with Crippen molar-refractivity contribution in [3.63, 3.8) is 0 Å². The number of nitrogens with zero attached hydrogens (tertiary/aromatic N) is 1. The standard InChI is InChI=1S/C10H19NO3/c1-2-3-10(13)6-11(7-10)8-4-14-5-9(8)12/h8-9,12-13H,2-7H2,1H3/t8-,9-/m1/s1. The lowest BCUT2D eigenvalue weighted by atomic mass is 9.87. The van der Waals surface area contributed by atoms with E-state index in [4.69, 9.17) is 4.74 Å². The summed E-state index contributed by atoms with van der Waals surface area (Å²) in [4.78, 5) is 2.12. The van der Waals surface area contributed by atoms with E-state index in [0.717, 1.165) is 12.8 Å². The quantitative estimate of drug-likeness (QED) is 0.652. The Hall–Kier alpha value is -0.160. The van der Waals surface area contributed by atoms with Gasteiger partial charge in [-0.15, -0.1) is 0 Å². The van der Waals surface area contributed by atoms with Gasteiger partial charge in [-0.05, 0) is 6.42 Å². The molecule has 4 nitrogen and oxygen atoms in total. The smallest absolute Gasteiger partial charge is 0.0950 e. The molecular weight excluding hydrogens is 182 g/mol. The van der Waals surface area contributed by atoms with E-state index in [9.17, 15) is 10.2 Å². The highest BCUT2D eigenvalue weighted by molar-refractivity contribution is 5.00. The molecule has 2 aliphatic heterocycles. The van der Waals surface area contributed by atoms with Crippen LogP contribution < -0.4 is 0 Å². The largest absolute Gasteiger partial charge is 0.389 e. The minimum Gasteiger partial charge on any atom is -0.389 e. The van der Waals surface area contributed by atoms with Gasteiger partial charge in [-0.25, -0.2) is 0 Å². The fraction of sp³-hybridized carbons (Fsp3) is 1.00. The van der Waals surface area contributed by atoms with E-state index >= 15 is 0 Å². The number of aliphatic hydroxyl groups is 2. The molecule has 4 heteroatoms. The van der Waals surface area contributed by atoms with Crippen LogP contribution in [-0.2, 0) is 4.74 Å². The van der Waals surface area contributed by atoms with Gasteiger partial charge in [0.1, 0.15) is 0 Å². The highest BCUT2D eigenvalue weighted by Crippen LogP contribution is 2.29. The second-order valence-corrected chi connectivity index (χ2v) is 4.55. The molecule has 2 fully saturated rings. The van der Waals surface area contributed by atoms with Crippen LogP contribution in [0.1, 0.15) is 19.8 Å². The molecule has 0 aromatic carbocycles. The second-order valence-electron chi connectivity index (χ2n) is 4.55. The van der Waals surface area contributed by atoms with Gasteiger partial charge in [-0.3, -0.25) is 4.90 Å². The third kappa shape index (κ3) is 1.80. The van der Waals surface area contributed by atoms with Crippen LogP contribution in [0.15, 0.2) is 0 Å². The van der Waals surface area contributed by atoms with Crippen molar-refractivity contribution in [2.45, 2.75) is 37.5 Å². The third-order valence-electron chi connectivity index (χ3n) is 3.20. The first-order valence-electron chi connectivity index (χ1n) is 5.37. The Morgan fingerprint density at radius 1 is 1.43 bits per heavy atom. The van der Waals surface area contributed by atoms with Crippen molar-refractivity contribution in [1.82, 2.24) is 4.90 Å². The zero-order valence-electron chi connectivity index (χ0n) is 8.65. The number of hydrogen-bond acceptors (Lipinski definition) is 4. The van der Waals surface area contributed by atoms with Crippen molar-refractivity contribution in [1.29, 1.82) is 0 Å². The van der Waals surface area contributed by atoms with Crippen molar-refractivity contribution in [2.24, 2.45) is 0 Å². The number of hydrogen-bond donors (Lipinski definition) is 2. The Morgan fingerprint density at radius 3 is 2.64 bits per heavy atom. The number of ether oxygens (including phenoxy) is 1. The summed E-state index contributed by atoms with van der Waals surface area (Å²) in [5.41, 5.74) is -0.503. The van der Waals surface area contributed by atoms with Crippen molar-refractivity contribution < 1.29 is 14.9 Å². The summed E-state index contributed by atoms with van der Waals surface area (Å²) >= 11 is 0. The van der Waals surface area contributed by atoms with Crippen LogP contribution in [0.25, 0.3) is 0 Å². The molecule has 0 aromatic rings. The number of rotatable bonds is 3. The summed E-state index contributed by atoms with van der Waals surface area (Å²) in [6.45, 7) is 4.49. The molecule has 82 valence electrons. The number of β-amino-alcohol motifs (C(OH)–C–C–N with tert-alkyl or cyclic N) is 1. The third-order valence-corrected chi connectivity index (χ3v) is 3.20. The van der Waals surface area contributed by atoms with Crippen LogP contribution in [0.5, 0.6) is 0 Å². The average molecular weight is 201 g/mol. The Bertz CT molecular complexity index is 204. The van der Waals surface area contributed by atoms with E-state index in [1.807, 2.05) is 0 Å². The molecule has 0 aromatic heterocycles. The fourth-order valence-corrected chi connectivity index (χ4v) is 2.45. The molecule has 0 radical (unpaired) electrons. The highest BCUT2D eigenvalue weighted by Gasteiger charge is 2.46. The Morgan fingerprint density at radius 2 is 2.14 bits per heavy atom. The minimum absolute atomic E-state index is 0.104. The molecule has 0 bridgehead atoms. The molecule has 0 spiro atoms. The molecule has 14 heavy (non-hydrogen) atoms. The number of aliphatic hydroxyl groups excluding tert-OH is 1. The maximum absolute atomic E-state index is 9.96. The molecule has 2 N–H and O–H groups in total. The Balaban J connectivity index is 1.81. The van der Waals surface area contributed by atoms with E-state index in [1.54, 1.807) is 0 Å². The molecule has 0 saturated carbocycles. The molecule has 2 aliphatic rings. The molecule has 2 heterocycles. The first kappa shape index (κ1) is 10.4. The average Bonchev–Trinajstić information content (AvgIpc) is 2.47. The predicted molar refractivity (Wildman–Crippen MR) is 52.0 cm³/mol. The summed E-state index contributed by atoms with van der Waals surface area (Å²) in [6.07, 6.45) is 1.49. The van der Waals surface area contributed by atoms with Gasteiger partial charge in [0, 0.05) is 13.1 Å². The summed E-state index contributed by atoms with van der Waals surface area (Å²) in [6, 6.07) is 0.104. The van der Waals surface area contributed by atoms with Crippen LogP contribution in [0, 0.1) is 0 Å². The summed E-state index contributed by atoms with van der Waals surface area (Å²) in [5, 5.41) is 19.5. The van der Waals surface area contributed by atoms with E-state index in [1.165, 1.54) is 0 Å². The van der Waals surface area contributed by atoms with Crippen molar-refractivity contribution in [3.05, 3.63) is 0 Å². The SMILES string of the molecule is CCCC1(O)CN([C@@H]2COC[C@H]2O)C1. The lowest BCUT2D eigenvalue weighted by Crippen LogP contribution is -2.66. The topological polar surface area (TPSA) is 52.9 Å². The maximum Gasteiger partial charge on any atom is 0.0950 e. The van der Waals surface area contributed by atoms with Gasteiger partial charge in [0.25, 0.3) is 0 Å². The first-order chi connectivity index (χ1) is 6.64. The van der Waals surface area contributed by atoms with Gasteiger partial charge < -0.3 is 14.9 Å². The van der Waals surface area contributed by atoms with Crippen LogP contribution in [0.2, 0.25) is 0 Å². The van der Waals surface area contributed by atoms with Crippen LogP contribution >= 0.6 is 0 Å². The molecule has 0 amide bonds.